The highest BCUT2D eigenvalue weighted by molar-refractivity contribution is 14.0. The maximum absolute atomic E-state index is 10.7. The van der Waals surface area contributed by atoms with Crippen molar-refractivity contribution in [1.29, 1.82) is 0 Å². The van der Waals surface area contributed by atoms with E-state index < -0.39 is 6.10 Å². The van der Waals surface area contributed by atoms with Gasteiger partial charge in [-0.25, -0.2) is 0 Å². The summed E-state index contributed by atoms with van der Waals surface area (Å²) in [6, 6.07) is 9.43. The second-order valence-corrected chi connectivity index (χ2v) is 7.54. The van der Waals surface area contributed by atoms with Gasteiger partial charge in [0.05, 0.1) is 39.2 Å². The van der Waals surface area contributed by atoms with Crippen molar-refractivity contribution in [3.05, 3.63) is 47.9 Å². The number of nitrogens with one attached hydrogen (secondary N) is 2. The minimum Gasteiger partial charge on any atom is -0.497 e. The van der Waals surface area contributed by atoms with Gasteiger partial charge in [0.1, 0.15) is 17.3 Å². The summed E-state index contributed by atoms with van der Waals surface area (Å²) in [5.41, 5.74) is 0.713. The van der Waals surface area contributed by atoms with E-state index in [9.17, 15) is 5.11 Å². The third kappa shape index (κ3) is 7.28. The summed E-state index contributed by atoms with van der Waals surface area (Å²) in [4.78, 5) is 7.20. The van der Waals surface area contributed by atoms with Crippen LogP contribution in [-0.2, 0) is 0 Å². The van der Waals surface area contributed by atoms with E-state index in [-0.39, 0.29) is 30.0 Å². The summed E-state index contributed by atoms with van der Waals surface area (Å²) in [6.45, 7) is 5.74. The Balaban J connectivity index is 0.00000363. The average Bonchev–Trinajstić information content (AvgIpc) is 3.52. The molecule has 3 N–H and O–H groups in total. The molecule has 9 heteroatoms. The van der Waals surface area contributed by atoms with Gasteiger partial charge in [0.2, 0.25) is 0 Å². The lowest BCUT2D eigenvalue weighted by Gasteiger charge is -2.25. The molecule has 1 aromatic heterocycles. The molecule has 0 radical (unpaired) electrons. The van der Waals surface area contributed by atoms with Gasteiger partial charge in [-0.05, 0) is 62.7 Å². The number of methoxy groups -OCH3 is 2. The van der Waals surface area contributed by atoms with Gasteiger partial charge >= 0.3 is 0 Å². The van der Waals surface area contributed by atoms with Gasteiger partial charge in [-0.2, -0.15) is 0 Å². The van der Waals surface area contributed by atoms with E-state index in [1.807, 2.05) is 19.1 Å². The van der Waals surface area contributed by atoms with Gasteiger partial charge in [-0.1, -0.05) is 0 Å². The molecule has 32 heavy (non-hydrogen) atoms. The molecule has 0 amide bonds. The molecule has 1 aromatic carbocycles. The Morgan fingerprint density at radius 1 is 1.16 bits per heavy atom. The molecular formula is C23H35IN4O4. The minimum atomic E-state index is -0.743. The predicted molar refractivity (Wildman–Crippen MR) is 136 cm³/mol. The lowest BCUT2D eigenvalue weighted by Crippen LogP contribution is -2.40. The summed E-state index contributed by atoms with van der Waals surface area (Å²) in [7, 11) is 3.18. The van der Waals surface area contributed by atoms with Crippen LogP contribution in [0.4, 0.5) is 0 Å². The van der Waals surface area contributed by atoms with E-state index in [2.05, 4.69) is 15.5 Å². The third-order valence-electron chi connectivity index (χ3n) is 5.44. The van der Waals surface area contributed by atoms with Crippen molar-refractivity contribution in [1.82, 2.24) is 15.5 Å². The van der Waals surface area contributed by atoms with Crippen LogP contribution in [0.15, 0.2) is 46.0 Å². The van der Waals surface area contributed by atoms with Gasteiger partial charge in [0.25, 0.3) is 0 Å². The molecule has 1 aliphatic rings. The zero-order chi connectivity index (χ0) is 22.1. The molecule has 1 saturated heterocycles. The van der Waals surface area contributed by atoms with Crippen LogP contribution in [0.5, 0.6) is 11.5 Å². The Kier molecular flexibility index (Phi) is 11.1. The van der Waals surface area contributed by atoms with Gasteiger partial charge in [0, 0.05) is 19.2 Å². The Labute approximate surface area is 207 Å². The predicted octanol–water partition coefficient (Wildman–Crippen LogP) is 3.34. The first kappa shape index (κ1) is 26.3. The molecule has 2 atom stereocenters. The molecular weight excluding hydrogens is 523 g/mol. The summed E-state index contributed by atoms with van der Waals surface area (Å²) in [6.07, 6.45) is 3.38. The second kappa shape index (κ2) is 13.5. The molecule has 0 saturated carbocycles. The highest BCUT2D eigenvalue weighted by atomic mass is 127. The summed E-state index contributed by atoms with van der Waals surface area (Å²) in [5, 5.41) is 17.2. The molecule has 2 aromatic rings. The van der Waals surface area contributed by atoms with Crippen molar-refractivity contribution >= 4 is 29.9 Å². The molecule has 1 fully saturated rings. The number of benzene rings is 1. The van der Waals surface area contributed by atoms with Crippen LogP contribution in [0, 0.1) is 0 Å². The largest absolute Gasteiger partial charge is 0.497 e. The maximum Gasteiger partial charge on any atom is 0.191 e. The molecule has 1 aliphatic heterocycles. The molecule has 0 aliphatic carbocycles. The Morgan fingerprint density at radius 3 is 2.41 bits per heavy atom. The van der Waals surface area contributed by atoms with Crippen LogP contribution in [0.2, 0.25) is 0 Å². The van der Waals surface area contributed by atoms with Gasteiger partial charge in [-0.3, -0.25) is 9.89 Å². The topological polar surface area (TPSA) is 91.5 Å². The van der Waals surface area contributed by atoms with E-state index in [0.717, 1.165) is 25.4 Å². The quantitative estimate of drug-likeness (QED) is 0.234. The molecule has 0 spiro atoms. The van der Waals surface area contributed by atoms with Crippen molar-refractivity contribution in [2.75, 3.05) is 46.9 Å². The van der Waals surface area contributed by atoms with Crippen molar-refractivity contribution in [3.8, 4) is 11.5 Å². The van der Waals surface area contributed by atoms with E-state index >= 15 is 0 Å². The number of ether oxygens (including phenoxy) is 2. The van der Waals surface area contributed by atoms with E-state index in [1.54, 1.807) is 38.7 Å². The molecule has 178 valence electrons. The number of rotatable bonds is 10. The fourth-order valence-electron chi connectivity index (χ4n) is 3.77. The number of halogens is 1. The number of hydrogen-bond donors (Lipinski definition) is 3. The first-order chi connectivity index (χ1) is 15.1. The summed E-state index contributed by atoms with van der Waals surface area (Å²) < 4.78 is 16.3. The van der Waals surface area contributed by atoms with Crippen LogP contribution in [0.1, 0.15) is 43.2 Å². The van der Waals surface area contributed by atoms with Crippen molar-refractivity contribution in [2.45, 2.75) is 31.9 Å². The van der Waals surface area contributed by atoms with Crippen LogP contribution < -0.4 is 20.1 Å². The number of nitrogens with zero attached hydrogens (tertiary/aromatic N) is 2. The van der Waals surface area contributed by atoms with Crippen LogP contribution in [0.3, 0.4) is 0 Å². The zero-order valence-electron chi connectivity index (χ0n) is 19.0. The molecule has 8 nitrogen and oxygen atoms in total. The van der Waals surface area contributed by atoms with E-state index in [0.29, 0.717) is 36.1 Å². The lowest BCUT2D eigenvalue weighted by molar-refractivity contribution is 0.180. The molecule has 3 rings (SSSR count). The molecule has 0 bridgehead atoms. The first-order valence-electron chi connectivity index (χ1n) is 10.8. The molecule has 2 heterocycles. The Hall–Kier alpha value is -1.98. The fraction of sp³-hybridized carbons (Fsp3) is 0.522. The van der Waals surface area contributed by atoms with Crippen molar-refractivity contribution < 1.29 is 19.0 Å². The van der Waals surface area contributed by atoms with Crippen LogP contribution in [-0.4, -0.2) is 62.9 Å². The number of hydrogen-bond acceptors (Lipinski definition) is 6. The van der Waals surface area contributed by atoms with Crippen molar-refractivity contribution in [2.24, 2.45) is 4.99 Å². The smallest absolute Gasteiger partial charge is 0.191 e. The van der Waals surface area contributed by atoms with Crippen LogP contribution >= 0.6 is 24.0 Å². The molecule has 2 unspecified atom stereocenters. The number of furan rings is 1. The SMILES string of the molecule is CCNC(=NCC(c1ccco1)N1CCCC1)NCC(O)c1cc(OC)cc(OC)c1.I. The van der Waals surface area contributed by atoms with E-state index in [4.69, 9.17) is 18.9 Å². The number of aliphatic hydroxyl groups excluding tert-OH is 1. The maximum atomic E-state index is 10.7. The Morgan fingerprint density at radius 2 is 1.84 bits per heavy atom. The monoisotopic (exact) mass is 558 g/mol. The zero-order valence-corrected chi connectivity index (χ0v) is 21.4. The van der Waals surface area contributed by atoms with E-state index in [1.165, 1.54) is 12.8 Å². The van der Waals surface area contributed by atoms with Crippen molar-refractivity contribution in [3.63, 3.8) is 0 Å². The lowest BCUT2D eigenvalue weighted by atomic mass is 10.1. The number of aliphatic imine (C=N–C) groups is 1. The third-order valence-corrected chi connectivity index (χ3v) is 5.44. The average molecular weight is 558 g/mol. The normalized spacial score (nSPS) is 16.2. The van der Waals surface area contributed by atoms with Crippen LogP contribution in [0.25, 0.3) is 0 Å². The number of guanidine groups is 1. The summed E-state index contributed by atoms with van der Waals surface area (Å²) >= 11 is 0. The van der Waals surface area contributed by atoms with Gasteiger partial charge in [0.15, 0.2) is 5.96 Å². The summed E-state index contributed by atoms with van der Waals surface area (Å²) in [5.74, 6) is 2.87. The van der Waals surface area contributed by atoms with Gasteiger partial charge < -0.3 is 29.6 Å². The number of likely N-dealkylation sites (tertiary alicyclic amines) is 1. The first-order valence-corrected chi connectivity index (χ1v) is 10.8. The fourth-order valence-corrected chi connectivity index (χ4v) is 3.77. The standard InChI is InChI=1S/C23H34N4O4.HI/c1-4-24-23(25-15-20(22-8-7-11-31-22)27-9-5-6-10-27)26-16-21(28)17-12-18(29-2)14-19(13-17)30-3;/h7-8,11-14,20-21,28H,4-6,9-10,15-16H2,1-3H3,(H2,24,25,26);1H. The highest BCUT2D eigenvalue weighted by Crippen LogP contribution is 2.27. The second-order valence-electron chi connectivity index (χ2n) is 7.54. The van der Waals surface area contributed by atoms with Gasteiger partial charge in [-0.15, -0.1) is 24.0 Å². The minimum absolute atomic E-state index is 0. The number of aliphatic hydroxyl groups is 1. The highest BCUT2D eigenvalue weighted by Gasteiger charge is 2.25. The Bertz CT molecular complexity index is 803.